The van der Waals surface area contributed by atoms with Crippen LogP contribution < -0.4 is 5.32 Å². The van der Waals surface area contributed by atoms with E-state index in [9.17, 15) is 4.79 Å². The number of amides is 1. The number of carbonyl (C=O) groups is 1. The van der Waals surface area contributed by atoms with Gasteiger partial charge in [0.05, 0.1) is 12.5 Å². The van der Waals surface area contributed by atoms with Crippen LogP contribution in [0.1, 0.15) is 32.1 Å². The van der Waals surface area contributed by atoms with Crippen LogP contribution in [0.3, 0.4) is 0 Å². The molecule has 0 unspecified atom stereocenters. The fraction of sp³-hybridized carbons (Fsp3) is 0.909. The Bertz CT molecular complexity index is 211. The Kier molecular flexibility index (Phi) is 4.32. The molecule has 0 saturated carbocycles. The minimum atomic E-state index is 0.161. The largest absolute Gasteiger partial charge is 0.378 e. The average Bonchev–Trinajstić information content (AvgIpc) is 2.86. The van der Waals surface area contributed by atoms with Crippen molar-refractivity contribution in [3.8, 4) is 0 Å². The summed E-state index contributed by atoms with van der Waals surface area (Å²) in [7, 11) is 0. The van der Waals surface area contributed by atoms with Crippen molar-refractivity contribution in [2.75, 3.05) is 18.9 Å². The molecule has 0 spiro atoms. The first-order valence-electron chi connectivity index (χ1n) is 5.84. The van der Waals surface area contributed by atoms with Crippen molar-refractivity contribution in [3.63, 3.8) is 0 Å². The van der Waals surface area contributed by atoms with E-state index in [1.165, 1.54) is 18.6 Å². The molecular weight excluding hydrogens is 210 g/mol. The lowest BCUT2D eigenvalue weighted by Gasteiger charge is -2.12. The van der Waals surface area contributed by atoms with Crippen molar-refractivity contribution in [2.24, 2.45) is 0 Å². The molecule has 0 aromatic carbocycles. The first kappa shape index (κ1) is 11.3. The van der Waals surface area contributed by atoms with Crippen molar-refractivity contribution in [3.05, 3.63) is 0 Å². The summed E-state index contributed by atoms with van der Waals surface area (Å²) in [6.07, 6.45) is 5.45. The van der Waals surface area contributed by atoms with E-state index < -0.39 is 0 Å². The van der Waals surface area contributed by atoms with Crippen LogP contribution in [-0.2, 0) is 9.53 Å². The van der Waals surface area contributed by atoms with E-state index in [0.29, 0.717) is 11.7 Å². The van der Waals surface area contributed by atoms with Crippen LogP contribution in [0.25, 0.3) is 0 Å². The number of rotatable bonds is 4. The Morgan fingerprint density at radius 2 is 2.33 bits per heavy atom. The van der Waals surface area contributed by atoms with Gasteiger partial charge in [-0.05, 0) is 31.4 Å². The van der Waals surface area contributed by atoms with Gasteiger partial charge in [-0.3, -0.25) is 4.79 Å². The standard InChI is InChI=1S/C11H19NO2S/c13-11(7-9-3-1-5-14-9)12-8-10-4-2-6-15-10/h9-10H,1-8H2,(H,12,13)/t9-,10+/m1/s1. The lowest BCUT2D eigenvalue weighted by molar-refractivity contribution is -0.123. The second-order valence-corrected chi connectivity index (χ2v) is 5.69. The highest BCUT2D eigenvalue weighted by atomic mass is 32.2. The van der Waals surface area contributed by atoms with Crippen molar-refractivity contribution >= 4 is 17.7 Å². The quantitative estimate of drug-likeness (QED) is 0.795. The maximum atomic E-state index is 11.6. The lowest BCUT2D eigenvalue weighted by atomic mass is 10.2. The number of hydrogen-bond donors (Lipinski definition) is 1. The normalized spacial score (nSPS) is 30.7. The van der Waals surface area contributed by atoms with E-state index in [0.717, 1.165) is 26.0 Å². The Hall–Kier alpha value is -0.220. The zero-order valence-electron chi connectivity index (χ0n) is 9.04. The third kappa shape index (κ3) is 3.68. The van der Waals surface area contributed by atoms with Crippen molar-refractivity contribution in [2.45, 2.75) is 43.5 Å². The van der Waals surface area contributed by atoms with E-state index >= 15 is 0 Å². The van der Waals surface area contributed by atoms with Crippen LogP contribution in [-0.4, -0.2) is 36.2 Å². The first-order valence-corrected chi connectivity index (χ1v) is 6.89. The number of hydrogen-bond acceptors (Lipinski definition) is 3. The molecule has 4 heteroatoms. The van der Waals surface area contributed by atoms with Gasteiger partial charge in [-0.1, -0.05) is 0 Å². The second kappa shape index (κ2) is 5.75. The number of carbonyl (C=O) groups excluding carboxylic acids is 1. The summed E-state index contributed by atoms with van der Waals surface area (Å²) in [4.78, 5) is 11.6. The Morgan fingerprint density at radius 3 is 3.00 bits per heavy atom. The van der Waals surface area contributed by atoms with Gasteiger partial charge >= 0.3 is 0 Å². The van der Waals surface area contributed by atoms with Crippen LogP contribution in [0.5, 0.6) is 0 Å². The summed E-state index contributed by atoms with van der Waals surface area (Å²) in [5.74, 6) is 1.42. The molecule has 1 amide bonds. The molecule has 86 valence electrons. The number of ether oxygens (including phenoxy) is 1. The van der Waals surface area contributed by atoms with Crippen molar-refractivity contribution in [1.29, 1.82) is 0 Å². The van der Waals surface area contributed by atoms with Gasteiger partial charge in [-0.2, -0.15) is 11.8 Å². The predicted molar refractivity (Wildman–Crippen MR) is 62.1 cm³/mol. The zero-order chi connectivity index (χ0) is 10.5. The number of nitrogens with one attached hydrogen (secondary N) is 1. The zero-order valence-corrected chi connectivity index (χ0v) is 9.85. The third-order valence-corrected chi connectivity index (χ3v) is 4.39. The van der Waals surface area contributed by atoms with Crippen molar-refractivity contribution < 1.29 is 9.53 Å². The van der Waals surface area contributed by atoms with Gasteiger partial charge in [0.1, 0.15) is 0 Å². The van der Waals surface area contributed by atoms with E-state index in [1.54, 1.807) is 0 Å². The second-order valence-electron chi connectivity index (χ2n) is 4.28. The molecule has 0 radical (unpaired) electrons. The molecule has 2 rings (SSSR count). The van der Waals surface area contributed by atoms with Gasteiger partial charge in [-0.15, -0.1) is 0 Å². The minimum Gasteiger partial charge on any atom is -0.378 e. The fourth-order valence-corrected chi connectivity index (χ4v) is 3.32. The topological polar surface area (TPSA) is 38.3 Å². The summed E-state index contributed by atoms with van der Waals surface area (Å²) in [5, 5.41) is 3.66. The molecule has 0 aromatic heterocycles. The first-order chi connectivity index (χ1) is 7.34. The molecule has 0 aromatic rings. The maximum Gasteiger partial charge on any atom is 0.222 e. The van der Waals surface area contributed by atoms with Gasteiger partial charge in [0.15, 0.2) is 0 Å². The summed E-state index contributed by atoms with van der Waals surface area (Å²) in [6, 6.07) is 0. The molecule has 0 aliphatic carbocycles. The molecule has 2 atom stereocenters. The summed E-state index contributed by atoms with van der Waals surface area (Å²) < 4.78 is 5.43. The van der Waals surface area contributed by atoms with Crippen LogP contribution in [0.15, 0.2) is 0 Å². The molecule has 15 heavy (non-hydrogen) atoms. The van der Waals surface area contributed by atoms with Gasteiger partial charge in [0.25, 0.3) is 0 Å². The average molecular weight is 229 g/mol. The van der Waals surface area contributed by atoms with E-state index in [4.69, 9.17) is 4.74 Å². The molecule has 2 saturated heterocycles. The monoisotopic (exact) mass is 229 g/mol. The van der Waals surface area contributed by atoms with E-state index in [1.807, 2.05) is 11.8 Å². The van der Waals surface area contributed by atoms with Gasteiger partial charge in [0, 0.05) is 18.4 Å². The summed E-state index contributed by atoms with van der Waals surface area (Å²) in [6.45, 7) is 1.67. The molecule has 3 nitrogen and oxygen atoms in total. The summed E-state index contributed by atoms with van der Waals surface area (Å²) >= 11 is 1.98. The fourth-order valence-electron chi connectivity index (χ4n) is 2.12. The summed E-state index contributed by atoms with van der Waals surface area (Å²) in [5.41, 5.74) is 0. The van der Waals surface area contributed by atoms with Gasteiger partial charge in [0.2, 0.25) is 5.91 Å². The van der Waals surface area contributed by atoms with Gasteiger partial charge < -0.3 is 10.1 Å². The predicted octanol–water partition coefficient (Wildman–Crippen LogP) is 1.57. The third-order valence-electron chi connectivity index (χ3n) is 2.99. The molecule has 2 aliphatic heterocycles. The molecular formula is C11H19NO2S. The highest BCUT2D eigenvalue weighted by Gasteiger charge is 2.20. The van der Waals surface area contributed by atoms with E-state index in [2.05, 4.69) is 5.32 Å². The smallest absolute Gasteiger partial charge is 0.222 e. The number of thioether (sulfide) groups is 1. The van der Waals surface area contributed by atoms with Crippen LogP contribution in [0.2, 0.25) is 0 Å². The van der Waals surface area contributed by atoms with Crippen LogP contribution in [0, 0.1) is 0 Å². The van der Waals surface area contributed by atoms with Gasteiger partial charge in [-0.25, -0.2) is 0 Å². The molecule has 1 N–H and O–H groups in total. The molecule has 0 bridgehead atoms. The maximum absolute atomic E-state index is 11.6. The lowest BCUT2D eigenvalue weighted by Crippen LogP contribution is -2.32. The Morgan fingerprint density at radius 1 is 1.40 bits per heavy atom. The van der Waals surface area contributed by atoms with Crippen LogP contribution >= 0.6 is 11.8 Å². The molecule has 2 fully saturated rings. The highest BCUT2D eigenvalue weighted by Crippen LogP contribution is 2.25. The SMILES string of the molecule is O=C(C[C@H]1CCCO1)NC[C@@H]1CCCS1. The Balaban J connectivity index is 1.59. The molecule has 2 heterocycles. The molecule has 2 aliphatic rings. The van der Waals surface area contributed by atoms with Crippen molar-refractivity contribution in [1.82, 2.24) is 5.32 Å². The minimum absolute atomic E-state index is 0.161. The van der Waals surface area contributed by atoms with E-state index in [-0.39, 0.29) is 12.0 Å². The van der Waals surface area contributed by atoms with Crippen LogP contribution in [0.4, 0.5) is 0 Å². The Labute approximate surface area is 95.3 Å². The highest BCUT2D eigenvalue weighted by molar-refractivity contribution is 8.00.